The highest BCUT2D eigenvalue weighted by Gasteiger charge is 2.28. The van der Waals surface area contributed by atoms with Gasteiger partial charge in [0.25, 0.3) is 0 Å². The lowest BCUT2D eigenvalue weighted by Gasteiger charge is -2.25. The van der Waals surface area contributed by atoms with Crippen LogP contribution in [0.4, 0.5) is 0 Å². The van der Waals surface area contributed by atoms with E-state index in [2.05, 4.69) is 23.2 Å². The minimum absolute atomic E-state index is 0.0645. The molecule has 1 aliphatic carbocycles. The number of carbonyl (C=O) groups excluding carboxylic acids is 1. The topological polar surface area (TPSA) is 46.3 Å². The predicted octanol–water partition coefficient (Wildman–Crippen LogP) is 4.03. The lowest BCUT2D eigenvalue weighted by molar-refractivity contribution is -0.131. The summed E-state index contributed by atoms with van der Waals surface area (Å²) in [6, 6.07) is 18.2. The van der Waals surface area contributed by atoms with Crippen molar-refractivity contribution in [1.82, 2.24) is 9.88 Å². The maximum Gasteiger partial charge on any atom is 0.228 e. The monoisotopic (exact) mass is 332 g/mol. The minimum atomic E-state index is 0.0645. The lowest BCUT2D eigenvalue weighted by atomic mass is 10.1. The molecule has 4 rings (SSSR count). The average Bonchev–Trinajstić information content (AvgIpc) is 3.29. The van der Waals surface area contributed by atoms with E-state index < -0.39 is 0 Å². The van der Waals surface area contributed by atoms with Crippen molar-refractivity contribution in [2.24, 2.45) is 0 Å². The van der Waals surface area contributed by atoms with Gasteiger partial charge >= 0.3 is 0 Å². The standard InChI is InChI=1S/C21H20N2O2/c1-23(19-12-11-15-7-5-6-10-18(15)19)20(24)13-17-14-25-21(22-17)16-8-3-2-4-9-16/h2-10,14,19H,11-13H2,1H3. The first-order valence-electron chi connectivity index (χ1n) is 8.55. The number of carbonyl (C=O) groups is 1. The van der Waals surface area contributed by atoms with Crippen LogP contribution in [0.3, 0.4) is 0 Å². The van der Waals surface area contributed by atoms with Gasteiger partial charge in [-0.3, -0.25) is 4.79 Å². The van der Waals surface area contributed by atoms with Crippen molar-refractivity contribution in [2.75, 3.05) is 7.05 Å². The molecule has 126 valence electrons. The van der Waals surface area contributed by atoms with E-state index in [1.54, 1.807) is 6.26 Å². The second kappa shape index (κ2) is 6.55. The SMILES string of the molecule is CN(C(=O)Cc1coc(-c2ccccc2)n1)C1CCc2ccccc21. The Morgan fingerprint density at radius 3 is 2.76 bits per heavy atom. The Morgan fingerprint density at radius 1 is 1.16 bits per heavy atom. The maximum absolute atomic E-state index is 12.7. The normalized spacial score (nSPS) is 15.8. The zero-order chi connectivity index (χ0) is 17.2. The van der Waals surface area contributed by atoms with Crippen LogP contribution in [0.5, 0.6) is 0 Å². The number of fused-ring (bicyclic) bond motifs is 1. The summed E-state index contributed by atoms with van der Waals surface area (Å²) in [7, 11) is 1.88. The van der Waals surface area contributed by atoms with Crippen molar-refractivity contribution in [3.63, 3.8) is 0 Å². The van der Waals surface area contributed by atoms with Crippen LogP contribution >= 0.6 is 0 Å². The zero-order valence-electron chi connectivity index (χ0n) is 14.2. The zero-order valence-corrected chi connectivity index (χ0v) is 14.2. The number of oxazole rings is 1. The van der Waals surface area contributed by atoms with E-state index in [0.717, 1.165) is 18.4 Å². The predicted molar refractivity (Wildman–Crippen MR) is 95.9 cm³/mol. The molecule has 0 spiro atoms. The summed E-state index contributed by atoms with van der Waals surface area (Å²) in [5.41, 5.74) is 4.20. The fourth-order valence-corrected chi connectivity index (χ4v) is 3.49. The minimum Gasteiger partial charge on any atom is -0.444 e. The Kier molecular flexibility index (Phi) is 4.10. The fraction of sp³-hybridized carbons (Fsp3) is 0.238. The first kappa shape index (κ1) is 15.6. The van der Waals surface area contributed by atoms with Gasteiger partial charge in [-0.1, -0.05) is 42.5 Å². The highest BCUT2D eigenvalue weighted by molar-refractivity contribution is 5.78. The van der Waals surface area contributed by atoms with E-state index in [1.807, 2.05) is 48.3 Å². The van der Waals surface area contributed by atoms with Gasteiger partial charge in [0, 0.05) is 12.6 Å². The van der Waals surface area contributed by atoms with Crippen LogP contribution in [-0.4, -0.2) is 22.8 Å². The molecule has 0 saturated carbocycles. The molecule has 0 radical (unpaired) electrons. The molecular formula is C21H20N2O2. The van der Waals surface area contributed by atoms with Crippen LogP contribution in [0.15, 0.2) is 65.3 Å². The Hall–Kier alpha value is -2.88. The van der Waals surface area contributed by atoms with Gasteiger partial charge in [0.05, 0.1) is 18.2 Å². The Labute approximate surface area is 147 Å². The summed E-state index contributed by atoms with van der Waals surface area (Å²) in [6.45, 7) is 0. The summed E-state index contributed by atoms with van der Waals surface area (Å²) in [6.07, 6.45) is 3.85. The molecule has 3 aromatic rings. The summed E-state index contributed by atoms with van der Waals surface area (Å²) in [4.78, 5) is 19.0. The van der Waals surface area contributed by atoms with E-state index >= 15 is 0 Å². The molecule has 1 amide bonds. The van der Waals surface area contributed by atoms with E-state index in [-0.39, 0.29) is 18.4 Å². The van der Waals surface area contributed by atoms with Crippen LogP contribution in [0.1, 0.15) is 29.3 Å². The fourth-order valence-electron chi connectivity index (χ4n) is 3.49. The van der Waals surface area contributed by atoms with Gasteiger partial charge in [0.15, 0.2) is 0 Å². The third-order valence-electron chi connectivity index (χ3n) is 4.87. The average molecular weight is 332 g/mol. The number of rotatable bonds is 4. The van der Waals surface area contributed by atoms with Crippen LogP contribution in [0.25, 0.3) is 11.5 Å². The Bertz CT molecular complexity index is 886. The Morgan fingerprint density at radius 2 is 1.92 bits per heavy atom. The molecule has 4 heteroatoms. The molecule has 1 aromatic heterocycles. The number of benzene rings is 2. The lowest BCUT2D eigenvalue weighted by Crippen LogP contribution is -2.31. The van der Waals surface area contributed by atoms with Gasteiger partial charge in [-0.2, -0.15) is 0 Å². The van der Waals surface area contributed by atoms with Crippen molar-refractivity contribution in [3.05, 3.63) is 77.7 Å². The number of hydrogen-bond donors (Lipinski definition) is 0. The van der Waals surface area contributed by atoms with Crippen molar-refractivity contribution in [3.8, 4) is 11.5 Å². The number of hydrogen-bond acceptors (Lipinski definition) is 3. The van der Waals surface area contributed by atoms with Gasteiger partial charge in [-0.25, -0.2) is 4.98 Å². The van der Waals surface area contributed by atoms with Gasteiger partial charge < -0.3 is 9.32 Å². The van der Waals surface area contributed by atoms with Gasteiger partial charge in [0.2, 0.25) is 11.8 Å². The van der Waals surface area contributed by atoms with Crippen LogP contribution in [0, 0.1) is 0 Å². The highest BCUT2D eigenvalue weighted by atomic mass is 16.3. The van der Waals surface area contributed by atoms with Gasteiger partial charge in [-0.05, 0) is 36.1 Å². The molecule has 2 aromatic carbocycles. The smallest absolute Gasteiger partial charge is 0.228 e. The van der Waals surface area contributed by atoms with Crippen molar-refractivity contribution >= 4 is 5.91 Å². The number of aryl methyl sites for hydroxylation is 1. The second-order valence-electron chi connectivity index (χ2n) is 6.44. The number of aromatic nitrogens is 1. The molecule has 1 heterocycles. The number of amides is 1. The van der Waals surface area contributed by atoms with E-state index in [1.165, 1.54) is 11.1 Å². The molecule has 1 aliphatic rings. The molecular weight excluding hydrogens is 312 g/mol. The molecule has 0 saturated heterocycles. The largest absolute Gasteiger partial charge is 0.444 e. The molecule has 0 N–H and O–H groups in total. The number of likely N-dealkylation sites (N-methyl/N-ethyl adjacent to an activating group) is 1. The summed E-state index contributed by atoms with van der Waals surface area (Å²) >= 11 is 0. The molecule has 0 fully saturated rings. The first-order valence-corrected chi connectivity index (χ1v) is 8.55. The quantitative estimate of drug-likeness (QED) is 0.724. The van der Waals surface area contributed by atoms with Crippen LogP contribution in [-0.2, 0) is 17.6 Å². The van der Waals surface area contributed by atoms with Gasteiger partial charge in [-0.15, -0.1) is 0 Å². The third kappa shape index (κ3) is 3.07. The molecule has 0 bridgehead atoms. The first-order chi connectivity index (χ1) is 12.2. The summed E-state index contributed by atoms with van der Waals surface area (Å²) in [5.74, 6) is 0.617. The molecule has 1 atom stereocenters. The van der Waals surface area contributed by atoms with E-state index in [0.29, 0.717) is 11.6 Å². The molecule has 0 aliphatic heterocycles. The second-order valence-corrected chi connectivity index (χ2v) is 6.44. The van der Waals surface area contributed by atoms with Crippen molar-refractivity contribution in [2.45, 2.75) is 25.3 Å². The highest BCUT2D eigenvalue weighted by Crippen LogP contribution is 2.35. The number of nitrogens with zero attached hydrogens (tertiary/aromatic N) is 2. The summed E-state index contributed by atoms with van der Waals surface area (Å²) < 4.78 is 5.53. The van der Waals surface area contributed by atoms with E-state index in [9.17, 15) is 4.79 Å². The molecule has 25 heavy (non-hydrogen) atoms. The van der Waals surface area contributed by atoms with Crippen LogP contribution < -0.4 is 0 Å². The van der Waals surface area contributed by atoms with Crippen LogP contribution in [0.2, 0.25) is 0 Å². The van der Waals surface area contributed by atoms with E-state index in [4.69, 9.17) is 4.42 Å². The van der Waals surface area contributed by atoms with Crippen molar-refractivity contribution in [1.29, 1.82) is 0 Å². The summed E-state index contributed by atoms with van der Waals surface area (Å²) in [5, 5.41) is 0. The maximum atomic E-state index is 12.7. The van der Waals surface area contributed by atoms with Gasteiger partial charge in [0.1, 0.15) is 6.26 Å². The van der Waals surface area contributed by atoms with Crippen molar-refractivity contribution < 1.29 is 9.21 Å². The molecule has 4 nitrogen and oxygen atoms in total. The Balaban J connectivity index is 1.47. The molecule has 1 unspecified atom stereocenters. The third-order valence-corrected chi connectivity index (χ3v) is 4.87.